The van der Waals surface area contributed by atoms with Gasteiger partial charge in [-0.15, -0.1) is 13.2 Å². The Hall–Kier alpha value is -2.97. The maximum absolute atomic E-state index is 14.6. The van der Waals surface area contributed by atoms with Crippen LogP contribution in [0.2, 0.25) is 0 Å². The van der Waals surface area contributed by atoms with Crippen LogP contribution in [0.25, 0.3) is 0 Å². The molecule has 8 nitrogen and oxygen atoms in total. The normalized spacial score (nSPS) is 30.2. The molecule has 1 N–H and O–H groups in total. The molecule has 3 saturated heterocycles. The fourth-order valence-electron chi connectivity index (χ4n) is 7.51. The second-order valence-corrected chi connectivity index (χ2v) is 12.4. The second-order valence-electron chi connectivity index (χ2n) is 12.4. The van der Waals surface area contributed by atoms with Crippen molar-refractivity contribution in [1.29, 1.82) is 0 Å². The lowest BCUT2D eigenvalue weighted by molar-refractivity contribution is -0.163. The second kappa shape index (κ2) is 13.6. The van der Waals surface area contributed by atoms with Gasteiger partial charge in [-0.2, -0.15) is 0 Å². The largest absolute Gasteiger partial charge is 0.465 e. The predicted octanol–water partition coefficient (Wildman–Crippen LogP) is 4.31. The highest BCUT2D eigenvalue weighted by atomic mass is 16.6. The summed E-state index contributed by atoms with van der Waals surface area (Å²) in [4.78, 5) is 46.2. The lowest BCUT2D eigenvalue weighted by Gasteiger charge is -2.39. The third-order valence-electron chi connectivity index (χ3n) is 9.65. The number of carbonyl (C=O) groups is 3. The number of nitrogens with zero attached hydrogens (tertiary/aromatic N) is 2. The van der Waals surface area contributed by atoms with Crippen LogP contribution < -0.4 is 0 Å². The summed E-state index contributed by atoms with van der Waals surface area (Å²) in [6.07, 6.45) is 8.49. The number of allylic oxidation sites excluding steroid dienone is 1. The number of rotatable bonds is 16. The zero-order valence-corrected chi connectivity index (χ0v) is 25.5. The maximum atomic E-state index is 14.6. The average Bonchev–Trinajstić information content (AvgIpc) is 3.50. The van der Waals surface area contributed by atoms with E-state index in [1.807, 2.05) is 44.2 Å². The van der Waals surface area contributed by atoms with Crippen LogP contribution in [0.15, 0.2) is 55.6 Å². The topological polar surface area (TPSA) is 96.4 Å². The summed E-state index contributed by atoms with van der Waals surface area (Å²) in [5, 5.41) is 10.7. The lowest BCUT2D eigenvalue weighted by atomic mass is 9.62. The number of benzene rings is 1. The molecule has 0 aliphatic carbocycles. The van der Waals surface area contributed by atoms with Gasteiger partial charge in [-0.1, -0.05) is 69.2 Å². The molecule has 8 heteroatoms. The van der Waals surface area contributed by atoms with E-state index in [0.717, 1.165) is 24.8 Å². The van der Waals surface area contributed by atoms with Crippen LogP contribution in [0.5, 0.6) is 0 Å². The SMILES string of the molecule is C=CCCCOC(=O)[C@@H]1[C@H]2C(=O)N([C@@H](CO)Cc3ccccc3)C(C(=O)N(CC=C)CCCCC)C23CC(C)[C@@]1(C)O3. The smallest absolute Gasteiger partial charge is 0.312 e. The van der Waals surface area contributed by atoms with Crippen molar-refractivity contribution < 1.29 is 29.0 Å². The Bertz CT molecular complexity index is 1140. The van der Waals surface area contributed by atoms with Gasteiger partial charge >= 0.3 is 5.97 Å². The molecule has 3 fully saturated rings. The molecule has 1 aromatic rings. The number of fused-ring (bicyclic) bond motifs is 1. The molecule has 3 heterocycles. The van der Waals surface area contributed by atoms with Gasteiger partial charge in [-0.3, -0.25) is 14.4 Å². The first-order valence-corrected chi connectivity index (χ1v) is 15.5. The van der Waals surface area contributed by atoms with Gasteiger partial charge in [0, 0.05) is 13.1 Å². The standard InChI is InChI=1S/C34H48N2O6/c1-6-9-14-19-35(18-8-3)31(39)29-34-22-24(4)33(5,42-34)28(32(40)41-20-15-10-7-2)27(34)30(38)36(29)26(23-37)21-25-16-12-11-13-17-25/h7-8,11-13,16-17,24,26-29,37H,2-3,6,9-10,14-15,18-23H2,1,4-5H3/t24?,26-,27+,28+,29?,33-,34?/m1/s1. The number of aliphatic hydroxyl groups excluding tert-OH is 1. The molecule has 1 spiro atoms. The minimum atomic E-state index is -1.19. The van der Waals surface area contributed by atoms with Gasteiger partial charge in [0.2, 0.25) is 11.8 Å². The van der Waals surface area contributed by atoms with Crippen molar-refractivity contribution in [2.45, 2.75) is 89.0 Å². The van der Waals surface area contributed by atoms with Crippen LogP contribution in [-0.2, 0) is 30.3 Å². The third-order valence-corrected chi connectivity index (χ3v) is 9.65. The third kappa shape index (κ3) is 5.68. The van der Waals surface area contributed by atoms with Gasteiger partial charge in [-0.05, 0) is 50.5 Å². The molecular weight excluding hydrogens is 532 g/mol. The molecule has 42 heavy (non-hydrogen) atoms. The van der Waals surface area contributed by atoms with Crippen LogP contribution in [0.4, 0.5) is 0 Å². The molecule has 3 aliphatic rings. The maximum Gasteiger partial charge on any atom is 0.312 e. The fraction of sp³-hybridized carbons (Fsp3) is 0.618. The summed E-state index contributed by atoms with van der Waals surface area (Å²) in [6.45, 7) is 14.4. The Morgan fingerprint density at radius 3 is 2.60 bits per heavy atom. The molecule has 0 radical (unpaired) electrons. The van der Waals surface area contributed by atoms with E-state index in [0.29, 0.717) is 38.8 Å². The van der Waals surface area contributed by atoms with Crippen LogP contribution in [0, 0.1) is 17.8 Å². The quantitative estimate of drug-likeness (QED) is 0.178. The first kappa shape index (κ1) is 32.0. The van der Waals surface area contributed by atoms with E-state index >= 15 is 0 Å². The fourth-order valence-corrected chi connectivity index (χ4v) is 7.51. The monoisotopic (exact) mass is 580 g/mol. The summed E-state index contributed by atoms with van der Waals surface area (Å²) in [6, 6.07) is 8.00. The highest BCUT2D eigenvalue weighted by Crippen LogP contribution is 2.65. The highest BCUT2D eigenvalue weighted by molar-refractivity contribution is 5.98. The number of carbonyl (C=O) groups excluding carboxylic acids is 3. The van der Waals surface area contributed by atoms with E-state index in [1.165, 1.54) is 0 Å². The molecule has 230 valence electrons. The van der Waals surface area contributed by atoms with Crippen LogP contribution in [0.3, 0.4) is 0 Å². The highest BCUT2D eigenvalue weighted by Gasteiger charge is 2.80. The number of hydrogen-bond donors (Lipinski definition) is 1. The number of amides is 2. The molecule has 1 aromatic carbocycles. The minimum absolute atomic E-state index is 0.0860. The summed E-state index contributed by atoms with van der Waals surface area (Å²) in [5.41, 5.74) is -1.19. The van der Waals surface area contributed by atoms with E-state index in [9.17, 15) is 19.5 Å². The Balaban J connectivity index is 1.77. The molecule has 3 aliphatic heterocycles. The Labute approximate surface area is 250 Å². The van der Waals surface area contributed by atoms with E-state index < -0.39 is 41.1 Å². The summed E-state index contributed by atoms with van der Waals surface area (Å²) < 4.78 is 12.6. The van der Waals surface area contributed by atoms with Crippen molar-refractivity contribution in [2.24, 2.45) is 17.8 Å². The Morgan fingerprint density at radius 1 is 1.21 bits per heavy atom. The van der Waals surface area contributed by atoms with E-state index in [2.05, 4.69) is 20.1 Å². The van der Waals surface area contributed by atoms with Crippen molar-refractivity contribution in [3.05, 3.63) is 61.2 Å². The minimum Gasteiger partial charge on any atom is -0.465 e. The predicted molar refractivity (Wildman–Crippen MR) is 161 cm³/mol. The van der Waals surface area contributed by atoms with E-state index in [1.54, 1.807) is 22.0 Å². The van der Waals surface area contributed by atoms with E-state index in [4.69, 9.17) is 9.47 Å². The van der Waals surface area contributed by atoms with Crippen molar-refractivity contribution >= 4 is 17.8 Å². The van der Waals surface area contributed by atoms with Gasteiger partial charge in [0.25, 0.3) is 0 Å². The number of aliphatic hydroxyl groups is 1. The summed E-state index contributed by atoms with van der Waals surface area (Å²) >= 11 is 0. The van der Waals surface area contributed by atoms with Crippen molar-refractivity contribution in [2.75, 3.05) is 26.3 Å². The van der Waals surface area contributed by atoms with Crippen LogP contribution >= 0.6 is 0 Å². The van der Waals surface area contributed by atoms with Crippen molar-refractivity contribution in [3.63, 3.8) is 0 Å². The number of likely N-dealkylation sites (tertiary alicyclic amines) is 1. The molecule has 4 rings (SSSR count). The van der Waals surface area contributed by atoms with Gasteiger partial charge in [-0.25, -0.2) is 0 Å². The first-order chi connectivity index (χ1) is 20.2. The van der Waals surface area contributed by atoms with Crippen molar-refractivity contribution in [1.82, 2.24) is 9.80 Å². The van der Waals surface area contributed by atoms with Gasteiger partial charge in [0.15, 0.2) is 0 Å². The molecule has 0 saturated carbocycles. The molecule has 7 atom stereocenters. The number of ether oxygens (including phenoxy) is 2. The van der Waals surface area contributed by atoms with Gasteiger partial charge in [0.1, 0.15) is 17.6 Å². The molecule has 0 aromatic heterocycles. The number of esters is 1. The number of hydrogen-bond acceptors (Lipinski definition) is 6. The number of unbranched alkanes of at least 4 members (excludes halogenated alkanes) is 3. The zero-order chi connectivity index (χ0) is 30.5. The summed E-state index contributed by atoms with van der Waals surface area (Å²) in [7, 11) is 0. The summed E-state index contributed by atoms with van der Waals surface area (Å²) in [5.74, 6) is -2.80. The Kier molecular flexibility index (Phi) is 10.3. The molecular formula is C34H48N2O6. The molecule has 2 amide bonds. The van der Waals surface area contributed by atoms with Crippen LogP contribution in [0.1, 0.15) is 64.9 Å². The average molecular weight is 581 g/mol. The Morgan fingerprint density at radius 2 is 1.95 bits per heavy atom. The molecule has 2 bridgehead atoms. The van der Waals surface area contributed by atoms with Crippen LogP contribution in [-0.4, -0.2) is 82.3 Å². The van der Waals surface area contributed by atoms with Crippen molar-refractivity contribution in [3.8, 4) is 0 Å². The van der Waals surface area contributed by atoms with E-state index in [-0.39, 0.29) is 30.9 Å². The zero-order valence-electron chi connectivity index (χ0n) is 25.5. The van der Waals surface area contributed by atoms with Gasteiger partial charge in [0.05, 0.1) is 30.8 Å². The van der Waals surface area contributed by atoms with Gasteiger partial charge < -0.3 is 24.4 Å². The first-order valence-electron chi connectivity index (χ1n) is 15.5. The lowest BCUT2D eigenvalue weighted by Crippen LogP contribution is -2.59. The molecule has 3 unspecified atom stereocenters.